The Morgan fingerprint density at radius 2 is 2.18 bits per heavy atom. The first-order valence-electron chi connectivity index (χ1n) is 5.21. The highest BCUT2D eigenvalue weighted by Crippen LogP contribution is 2.17. The molecule has 0 saturated heterocycles. The zero-order chi connectivity index (χ0) is 12.3. The van der Waals surface area contributed by atoms with Crippen LogP contribution < -0.4 is 0 Å². The van der Waals surface area contributed by atoms with Crippen molar-refractivity contribution in [3.8, 4) is 0 Å². The van der Waals surface area contributed by atoms with Gasteiger partial charge in [-0.2, -0.15) is 0 Å². The van der Waals surface area contributed by atoms with Crippen LogP contribution >= 0.6 is 15.9 Å². The lowest BCUT2D eigenvalue weighted by Gasteiger charge is -2.05. The molecule has 0 amide bonds. The summed E-state index contributed by atoms with van der Waals surface area (Å²) in [6.07, 6.45) is 3.40. The van der Waals surface area contributed by atoms with Gasteiger partial charge in [0.2, 0.25) is 0 Å². The summed E-state index contributed by atoms with van der Waals surface area (Å²) in [7, 11) is 0. The zero-order valence-corrected chi connectivity index (χ0v) is 10.9. The summed E-state index contributed by atoms with van der Waals surface area (Å²) in [6.45, 7) is 1.93. The number of carbonyl (C=O) groups excluding carboxylic acids is 1. The van der Waals surface area contributed by atoms with E-state index in [0.29, 0.717) is 6.42 Å². The first-order valence-corrected chi connectivity index (χ1v) is 6.00. The molecule has 0 fully saturated rings. The normalized spacial score (nSPS) is 10.2. The highest BCUT2D eigenvalue weighted by Gasteiger charge is 2.10. The van der Waals surface area contributed by atoms with E-state index in [2.05, 4.69) is 25.9 Å². The lowest BCUT2D eigenvalue weighted by Crippen LogP contribution is -2.07. The average Bonchev–Trinajstić information content (AvgIpc) is 2.33. The molecule has 0 aliphatic rings. The van der Waals surface area contributed by atoms with Gasteiger partial charge >= 0.3 is 0 Å². The topological polar surface area (TPSA) is 42.9 Å². The quantitative estimate of drug-likeness (QED) is 0.816. The van der Waals surface area contributed by atoms with E-state index in [1.54, 1.807) is 12.3 Å². The SMILES string of the molecule is Cc1ccc(Br)cc1C(=O)Cc1ccncn1. The summed E-state index contributed by atoms with van der Waals surface area (Å²) >= 11 is 3.37. The number of hydrogen-bond acceptors (Lipinski definition) is 3. The molecule has 17 heavy (non-hydrogen) atoms. The standard InChI is InChI=1S/C13H11BrN2O/c1-9-2-3-10(14)6-12(9)13(17)7-11-4-5-15-8-16-11/h2-6,8H,7H2,1H3. The van der Waals surface area contributed by atoms with Crippen molar-refractivity contribution >= 4 is 21.7 Å². The van der Waals surface area contributed by atoms with Crippen molar-refractivity contribution in [2.24, 2.45) is 0 Å². The van der Waals surface area contributed by atoms with E-state index >= 15 is 0 Å². The third kappa shape index (κ3) is 2.97. The van der Waals surface area contributed by atoms with Crippen LogP contribution in [0, 0.1) is 6.92 Å². The number of carbonyl (C=O) groups is 1. The third-order valence-corrected chi connectivity index (χ3v) is 2.98. The van der Waals surface area contributed by atoms with E-state index < -0.39 is 0 Å². The fourth-order valence-corrected chi connectivity index (χ4v) is 1.94. The fraction of sp³-hybridized carbons (Fsp3) is 0.154. The summed E-state index contributed by atoms with van der Waals surface area (Å²) < 4.78 is 0.911. The van der Waals surface area contributed by atoms with E-state index in [1.807, 2.05) is 25.1 Å². The lowest BCUT2D eigenvalue weighted by molar-refractivity contribution is 0.0991. The van der Waals surface area contributed by atoms with Crippen LogP contribution in [0.15, 0.2) is 41.3 Å². The van der Waals surface area contributed by atoms with Crippen LogP contribution in [0.4, 0.5) is 0 Å². The van der Waals surface area contributed by atoms with Crippen LogP contribution in [0.3, 0.4) is 0 Å². The second-order valence-electron chi connectivity index (χ2n) is 3.76. The van der Waals surface area contributed by atoms with Gasteiger partial charge < -0.3 is 0 Å². The number of benzene rings is 1. The molecule has 0 spiro atoms. The molecule has 0 atom stereocenters. The summed E-state index contributed by atoms with van der Waals surface area (Å²) in [5.74, 6) is 0.0718. The van der Waals surface area contributed by atoms with E-state index in [4.69, 9.17) is 0 Å². The molecule has 0 radical (unpaired) electrons. The van der Waals surface area contributed by atoms with Crippen molar-refractivity contribution in [1.29, 1.82) is 0 Å². The van der Waals surface area contributed by atoms with Crippen LogP contribution in [0.1, 0.15) is 21.6 Å². The molecule has 2 rings (SSSR count). The minimum absolute atomic E-state index is 0.0718. The number of halogens is 1. The number of aromatic nitrogens is 2. The molecule has 0 saturated carbocycles. The molecule has 2 aromatic rings. The number of aryl methyl sites for hydroxylation is 1. The Morgan fingerprint density at radius 1 is 1.35 bits per heavy atom. The maximum absolute atomic E-state index is 12.1. The smallest absolute Gasteiger partial charge is 0.169 e. The maximum Gasteiger partial charge on any atom is 0.169 e. The van der Waals surface area contributed by atoms with Gasteiger partial charge in [0.25, 0.3) is 0 Å². The molecule has 0 N–H and O–H groups in total. The second kappa shape index (κ2) is 5.19. The van der Waals surface area contributed by atoms with Gasteiger partial charge in [0.05, 0.1) is 12.1 Å². The van der Waals surface area contributed by atoms with Crippen LogP contribution in [0.25, 0.3) is 0 Å². The highest BCUT2D eigenvalue weighted by atomic mass is 79.9. The van der Waals surface area contributed by atoms with Crippen molar-refractivity contribution in [3.63, 3.8) is 0 Å². The van der Waals surface area contributed by atoms with E-state index in [1.165, 1.54) is 6.33 Å². The number of hydrogen-bond donors (Lipinski definition) is 0. The summed E-state index contributed by atoms with van der Waals surface area (Å²) in [5.41, 5.74) is 2.45. The molecule has 1 aromatic carbocycles. The third-order valence-electron chi connectivity index (χ3n) is 2.48. The Morgan fingerprint density at radius 3 is 2.88 bits per heavy atom. The van der Waals surface area contributed by atoms with Crippen molar-refractivity contribution in [2.45, 2.75) is 13.3 Å². The van der Waals surface area contributed by atoms with E-state index in [-0.39, 0.29) is 5.78 Å². The average molecular weight is 291 g/mol. The molecule has 0 unspecified atom stereocenters. The van der Waals surface area contributed by atoms with E-state index in [0.717, 1.165) is 21.3 Å². The van der Waals surface area contributed by atoms with Gasteiger partial charge in [-0.15, -0.1) is 0 Å². The van der Waals surface area contributed by atoms with Crippen LogP contribution in [-0.2, 0) is 6.42 Å². The Bertz CT molecular complexity index is 540. The molecule has 3 nitrogen and oxygen atoms in total. The number of rotatable bonds is 3. The highest BCUT2D eigenvalue weighted by molar-refractivity contribution is 9.10. The van der Waals surface area contributed by atoms with E-state index in [9.17, 15) is 4.79 Å². The molecule has 1 heterocycles. The second-order valence-corrected chi connectivity index (χ2v) is 4.68. The van der Waals surface area contributed by atoms with Crippen LogP contribution in [-0.4, -0.2) is 15.8 Å². The number of nitrogens with zero attached hydrogens (tertiary/aromatic N) is 2. The molecule has 0 aliphatic heterocycles. The largest absolute Gasteiger partial charge is 0.294 e. The van der Waals surface area contributed by atoms with Gasteiger partial charge in [0.15, 0.2) is 5.78 Å². The first-order chi connectivity index (χ1) is 8.16. The minimum atomic E-state index is 0.0718. The van der Waals surface area contributed by atoms with Crippen molar-refractivity contribution < 1.29 is 4.79 Å². The number of Topliss-reactive ketones (excluding diaryl/α,β-unsaturated/α-hetero) is 1. The van der Waals surface area contributed by atoms with Crippen LogP contribution in [0.5, 0.6) is 0 Å². The Balaban J connectivity index is 2.23. The molecule has 1 aromatic heterocycles. The Hall–Kier alpha value is -1.55. The van der Waals surface area contributed by atoms with Crippen LogP contribution in [0.2, 0.25) is 0 Å². The molecular weight excluding hydrogens is 280 g/mol. The summed E-state index contributed by atoms with van der Waals surface area (Å²) in [6, 6.07) is 7.46. The van der Waals surface area contributed by atoms with Gasteiger partial charge in [-0.1, -0.05) is 22.0 Å². The summed E-state index contributed by atoms with van der Waals surface area (Å²) in [5, 5.41) is 0. The van der Waals surface area contributed by atoms with Gasteiger partial charge in [0.1, 0.15) is 6.33 Å². The van der Waals surface area contributed by atoms with Gasteiger partial charge in [-0.25, -0.2) is 9.97 Å². The monoisotopic (exact) mass is 290 g/mol. The van der Waals surface area contributed by atoms with Crippen molar-refractivity contribution in [3.05, 3.63) is 58.1 Å². The van der Waals surface area contributed by atoms with Gasteiger partial charge in [-0.3, -0.25) is 4.79 Å². The van der Waals surface area contributed by atoms with Gasteiger partial charge in [-0.05, 0) is 30.7 Å². The first kappa shape index (κ1) is 11.9. The summed E-state index contributed by atoms with van der Waals surface area (Å²) in [4.78, 5) is 20.0. The van der Waals surface area contributed by atoms with Crippen molar-refractivity contribution in [2.75, 3.05) is 0 Å². The van der Waals surface area contributed by atoms with Crippen molar-refractivity contribution in [1.82, 2.24) is 9.97 Å². The fourth-order valence-electron chi connectivity index (χ4n) is 1.58. The van der Waals surface area contributed by atoms with Gasteiger partial charge in [0, 0.05) is 16.2 Å². The molecule has 0 bridgehead atoms. The Kier molecular flexibility index (Phi) is 3.64. The molecule has 4 heteroatoms. The maximum atomic E-state index is 12.1. The predicted octanol–water partition coefficient (Wildman–Crippen LogP) is 2.97. The molecule has 86 valence electrons. The lowest BCUT2D eigenvalue weighted by atomic mass is 10.0. The minimum Gasteiger partial charge on any atom is -0.294 e. The molecular formula is C13H11BrN2O. The number of ketones is 1. The predicted molar refractivity (Wildman–Crippen MR) is 68.9 cm³/mol. The Labute approximate surface area is 108 Å². The molecule has 0 aliphatic carbocycles. The zero-order valence-electron chi connectivity index (χ0n) is 9.35.